The van der Waals surface area contributed by atoms with Crippen molar-refractivity contribution in [3.05, 3.63) is 29.8 Å². The van der Waals surface area contributed by atoms with E-state index in [9.17, 15) is 14.7 Å². The molecular formula is C20H26O6. The number of ether oxygens (including phenoxy) is 3. The Morgan fingerprint density at radius 3 is 2.65 bits per heavy atom. The highest BCUT2D eigenvalue weighted by molar-refractivity contribution is 5.73. The van der Waals surface area contributed by atoms with Gasteiger partial charge < -0.3 is 19.3 Å². The molecule has 1 aromatic carbocycles. The number of esters is 1. The fraction of sp³-hybridized carbons (Fsp3) is 0.600. The van der Waals surface area contributed by atoms with Gasteiger partial charge >= 0.3 is 11.9 Å². The predicted octanol–water partition coefficient (Wildman–Crippen LogP) is 3.03. The van der Waals surface area contributed by atoms with Gasteiger partial charge in [0.25, 0.3) is 0 Å². The van der Waals surface area contributed by atoms with Gasteiger partial charge in [0, 0.05) is 18.8 Å². The molecule has 0 bridgehead atoms. The molecule has 1 aromatic rings. The van der Waals surface area contributed by atoms with Gasteiger partial charge in [-0.25, -0.2) is 4.79 Å². The lowest BCUT2D eigenvalue weighted by molar-refractivity contribution is -0.220. The van der Waals surface area contributed by atoms with E-state index in [4.69, 9.17) is 14.2 Å². The number of carbonyl (C=O) groups excluding carboxylic acids is 1. The first-order chi connectivity index (χ1) is 12.3. The van der Waals surface area contributed by atoms with Crippen molar-refractivity contribution in [2.45, 2.75) is 58.5 Å². The van der Waals surface area contributed by atoms with Gasteiger partial charge in [-0.05, 0) is 36.0 Å². The molecule has 2 aliphatic heterocycles. The van der Waals surface area contributed by atoms with Crippen LogP contribution in [0, 0.1) is 17.8 Å². The molecule has 0 radical (unpaired) electrons. The highest BCUT2D eigenvalue weighted by Crippen LogP contribution is 2.36. The largest absolute Gasteiger partial charge is 0.479 e. The number of hydrogen-bond donors (Lipinski definition) is 1. The smallest absolute Gasteiger partial charge is 0.333 e. The first-order valence-corrected chi connectivity index (χ1v) is 9.18. The zero-order chi connectivity index (χ0) is 18.8. The lowest BCUT2D eigenvalue weighted by Crippen LogP contribution is -2.50. The van der Waals surface area contributed by atoms with Crippen LogP contribution in [0.5, 0.6) is 5.75 Å². The summed E-state index contributed by atoms with van der Waals surface area (Å²) >= 11 is 0. The van der Waals surface area contributed by atoms with E-state index in [1.165, 1.54) is 0 Å². The van der Waals surface area contributed by atoms with Crippen LogP contribution in [0.15, 0.2) is 24.3 Å². The third-order valence-electron chi connectivity index (χ3n) is 5.67. The fourth-order valence-corrected chi connectivity index (χ4v) is 3.68. The van der Waals surface area contributed by atoms with Crippen LogP contribution in [0.1, 0.15) is 39.2 Å². The van der Waals surface area contributed by atoms with Crippen LogP contribution in [0.25, 0.3) is 0 Å². The number of rotatable bonds is 5. The highest BCUT2D eigenvalue weighted by Gasteiger charge is 2.43. The van der Waals surface area contributed by atoms with E-state index in [1.54, 1.807) is 0 Å². The molecule has 2 fully saturated rings. The first-order valence-electron chi connectivity index (χ1n) is 9.18. The highest BCUT2D eigenvalue weighted by atomic mass is 16.7. The minimum atomic E-state index is -0.957. The Balaban J connectivity index is 1.68. The van der Waals surface area contributed by atoms with E-state index in [0.717, 1.165) is 12.0 Å². The van der Waals surface area contributed by atoms with Crippen LogP contribution in [-0.4, -0.2) is 35.5 Å². The number of carbonyl (C=O) groups is 2. The fourth-order valence-electron chi connectivity index (χ4n) is 3.68. The molecule has 6 heteroatoms. The van der Waals surface area contributed by atoms with Crippen molar-refractivity contribution in [3.8, 4) is 5.75 Å². The summed E-state index contributed by atoms with van der Waals surface area (Å²) < 4.78 is 17.0. The second-order valence-electron chi connectivity index (χ2n) is 7.46. The van der Waals surface area contributed by atoms with Gasteiger partial charge in [-0.2, -0.15) is 0 Å². The van der Waals surface area contributed by atoms with Crippen molar-refractivity contribution in [1.82, 2.24) is 0 Å². The maximum Gasteiger partial charge on any atom is 0.333 e. The van der Waals surface area contributed by atoms with E-state index in [1.807, 2.05) is 45.0 Å². The standard InChI is InChI=1S/C20H26O6/c1-11-12(2)18(19(22)23)26-20(13(11)3)25-15-6-4-5-14(9-15)10-16-7-8-17(21)24-16/h4-6,9,11-13,16,18,20H,7-8,10H2,1-3H3,(H,22,23)/t11-,12-,13+,16?,18-,20+/m0/s1. The van der Waals surface area contributed by atoms with E-state index in [0.29, 0.717) is 18.6 Å². The van der Waals surface area contributed by atoms with E-state index in [2.05, 4.69) is 0 Å². The van der Waals surface area contributed by atoms with Crippen LogP contribution in [0.2, 0.25) is 0 Å². The Morgan fingerprint density at radius 2 is 2.00 bits per heavy atom. The number of benzene rings is 1. The Kier molecular flexibility index (Phi) is 5.51. The molecule has 26 heavy (non-hydrogen) atoms. The lowest BCUT2D eigenvalue weighted by atomic mass is 9.79. The van der Waals surface area contributed by atoms with Crippen LogP contribution in [0.4, 0.5) is 0 Å². The van der Waals surface area contributed by atoms with Crippen LogP contribution < -0.4 is 4.74 Å². The van der Waals surface area contributed by atoms with Gasteiger partial charge in [-0.3, -0.25) is 4.79 Å². The molecule has 1 N–H and O–H groups in total. The van der Waals surface area contributed by atoms with Crippen molar-refractivity contribution in [1.29, 1.82) is 0 Å². The summed E-state index contributed by atoms with van der Waals surface area (Å²) in [6, 6.07) is 7.59. The van der Waals surface area contributed by atoms with Crippen LogP contribution >= 0.6 is 0 Å². The second kappa shape index (κ2) is 7.66. The van der Waals surface area contributed by atoms with Gasteiger partial charge in [-0.15, -0.1) is 0 Å². The molecular weight excluding hydrogens is 336 g/mol. The molecule has 0 spiro atoms. The number of carboxylic acids is 1. The third kappa shape index (κ3) is 4.01. The quantitative estimate of drug-likeness (QED) is 0.811. The maximum absolute atomic E-state index is 11.5. The van der Waals surface area contributed by atoms with Crippen molar-refractivity contribution in [2.75, 3.05) is 0 Å². The van der Waals surface area contributed by atoms with Crippen molar-refractivity contribution < 1.29 is 28.9 Å². The Hall–Kier alpha value is -2.08. The number of aliphatic carboxylic acids is 1. The van der Waals surface area contributed by atoms with Crippen molar-refractivity contribution >= 4 is 11.9 Å². The molecule has 0 saturated carbocycles. The van der Waals surface area contributed by atoms with Gasteiger partial charge in [0.2, 0.25) is 6.29 Å². The van der Waals surface area contributed by atoms with Crippen LogP contribution in [0.3, 0.4) is 0 Å². The van der Waals surface area contributed by atoms with E-state index in [-0.39, 0.29) is 29.8 Å². The van der Waals surface area contributed by atoms with Gasteiger partial charge in [-0.1, -0.05) is 32.9 Å². The minimum Gasteiger partial charge on any atom is -0.479 e. The van der Waals surface area contributed by atoms with E-state index >= 15 is 0 Å². The summed E-state index contributed by atoms with van der Waals surface area (Å²) in [6.45, 7) is 5.96. The van der Waals surface area contributed by atoms with Gasteiger partial charge in [0.1, 0.15) is 11.9 Å². The topological polar surface area (TPSA) is 82.1 Å². The molecule has 0 aliphatic carbocycles. The monoisotopic (exact) mass is 362 g/mol. The zero-order valence-corrected chi connectivity index (χ0v) is 15.4. The molecule has 0 amide bonds. The molecule has 2 aliphatic rings. The summed E-state index contributed by atoms with van der Waals surface area (Å²) in [6.07, 6.45) is 0.299. The zero-order valence-electron chi connectivity index (χ0n) is 15.4. The van der Waals surface area contributed by atoms with Crippen molar-refractivity contribution in [3.63, 3.8) is 0 Å². The molecule has 1 unspecified atom stereocenters. The maximum atomic E-state index is 11.5. The second-order valence-corrected chi connectivity index (χ2v) is 7.46. The lowest BCUT2D eigenvalue weighted by Gasteiger charge is -2.41. The van der Waals surface area contributed by atoms with Gasteiger partial charge in [0.15, 0.2) is 6.10 Å². The number of carboxylic acid groups (broad SMARTS) is 1. The predicted molar refractivity (Wildman–Crippen MR) is 93.7 cm³/mol. The molecule has 2 saturated heterocycles. The minimum absolute atomic E-state index is 0.0695. The summed E-state index contributed by atoms with van der Waals surface area (Å²) in [5, 5.41) is 9.40. The number of hydrogen-bond acceptors (Lipinski definition) is 5. The average molecular weight is 362 g/mol. The van der Waals surface area contributed by atoms with Crippen LogP contribution in [-0.2, 0) is 25.5 Å². The Bertz CT molecular complexity index is 672. The first kappa shape index (κ1) is 18.7. The summed E-state index contributed by atoms with van der Waals surface area (Å²) in [4.78, 5) is 22.7. The van der Waals surface area contributed by atoms with Gasteiger partial charge in [0.05, 0.1) is 0 Å². The average Bonchev–Trinajstić information content (AvgIpc) is 3.00. The van der Waals surface area contributed by atoms with E-state index < -0.39 is 18.4 Å². The summed E-state index contributed by atoms with van der Waals surface area (Å²) in [5.41, 5.74) is 1.02. The third-order valence-corrected chi connectivity index (χ3v) is 5.67. The summed E-state index contributed by atoms with van der Waals surface area (Å²) in [7, 11) is 0. The molecule has 2 heterocycles. The Morgan fingerprint density at radius 1 is 1.23 bits per heavy atom. The molecule has 142 valence electrons. The van der Waals surface area contributed by atoms with Crippen molar-refractivity contribution in [2.24, 2.45) is 17.8 Å². The normalized spacial score (nSPS) is 34.3. The Labute approximate surface area is 153 Å². The molecule has 3 rings (SSSR count). The molecule has 0 aromatic heterocycles. The molecule has 6 nitrogen and oxygen atoms in total. The molecule has 6 atom stereocenters. The number of cyclic esters (lactones) is 1. The SMILES string of the molecule is C[C@@H]1[C@@H](C)[C@H](Oc2cccc(CC3CCC(=O)O3)c2)O[C@H](C(=O)O)[C@H]1C. The summed E-state index contributed by atoms with van der Waals surface area (Å²) in [5.74, 6) is -0.312.